The molecule has 0 amide bonds. The molecular formula is C17H16N2O5. The second-order valence-electron chi connectivity index (χ2n) is 5.16. The fourth-order valence-electron chi connectivity index (χ4n) is 2.56. The third-order valence-electron chi connectivity index (χ3n) is 3.62. The van der Waals surface area contributed by atoms with Gasteiger partial charge in [-0.3, -0.25) is 18.7 Å². The Labute approximate surface area is 136 Å². The Hall–Kier alpha value is -3.09. The highest BCUT2D eigenvalue weighted by atomic mass is 16.5. The van der Waals surface area contributed by atoms with E-state index in [-0.39, 0.29) is 19.7 Å². The van der Waals surface area contributed by atoms with Crippen LogP contribution < -0.4 is 11.2 Å². The number of benzene rings is 1. The summed E-state index contributed by atoms with van der Waals surface area (Å²) in [6.45, 7) is 1.65. The fourth-order valence-corrected chi connectivity index (χ4v) is 2.56. The summed E-state index contributed by atoms with van der Waals surface area (Å²) in [7, 11) is 0. The Bertz CT molecular complexity index is 982. The molecule has 1 aromatic carbocycles. The molecule has 0 unspecified atom stereocenters. The van der Waals surface area contributed by atoms with Crippen LogP contribution in [0.25, 0.3) is 10.9 Å². The zero-order chi connectivity index (χ0) is 17.1. The lowest BCUT2D eigenvalue weighted by Gasteiger charge is -2.13. The molecule has 0 atom stereocenters. The van der Waals surface area contributed by atoms with Gasteiger partial charge in [0, 0.05) is 0 Å². The van der Waals surface area contributed by atoms with Crippen LogP contribution in [0.2, 0.25) is 0 Å². The Balaban J connectivity index is 2.19. The first kappa shape index (κ1) is 15.8. The standard InChI is InChI=1S/C17H16N2O5/c1-2-23-15(20)11-18-14-8-4-3-7-13(14)16(21)19(17(18)22)10-12-6-5-9-24-12/h3-9H,2,10-11H2,1H3. The van der Waals surface area contributed by atoms with Crippen molar-refractivity contribution in [1.29, 1.82) is 0 Å². The number of aromatic nitrogens is 2. The smallest absolute Gasteiger partial charge is 0.332 e. The van der Waals surface area contributed by atoms with Crippen molar-refractivity contribution in [3.8, 4) is 0 Å². The summed E-state index contributed by atoms with van der Waals surface area (Å²) in [5.41, 5.74) is -0.605. The van der Waals surface area contributed by atoms with Gasteiger partial charge in [-0.15, -0.1) is 0 Å². The molecule has 0 saturated heterocycles. The van der Waals surface area contributed by atoms with Gasteiger partial charge in [-0.1, -0.05) is 12.1 Å². The zero-order valence-electron chi connectivity index (χ0n) is 13.1. The molecule has 124 valence electrons. The van der Waals surface area contributed by atoms with Gasteiger partial charge in [-0.2, -0.15) is 0 Å². The van der Waals surface area contributed by atoms with Crippen molar-refractivity contribution >= 4 is 16.9 Å². The Kier molecular flexibility index (Phi) is 4.33. The van der Waals surface area contributed by atoms with Crippen LogP contribution in [0.5, 0.6) is 0 Å². The summed E-state index contributed by atoms with van der Waals surface area (Å²) in [4.78, 5) is 37.2. The van der Waals surface area contributed by atoms with Gasteiger partial charge < -0.3 is 9.15 Å². The molecule has 0 N–H and O–H groups in total. The summed E-state index contributed by atoms with van der Waals surface area (Å²) in [6, 6.07) is 10.0. The van der Waals surface area contributed by atoms with Crippen LogP contribution in [-0.2, 0) is 22.6 Å². The Morgan fingerprint density at radius 2 is 1.92 bits per heavy atom. The van der Waals surface area contributed by atoms with Crippen LogP contribution in [0.1, 0.15) is 12.7 Å². The summed E-state index contributed by atoms with van der Waals surface area (Å²) in [6.07, 6.45) is 1.47. The highest BCUT2D eigenvalue weighted by Crippen LogP contribution is 2.09. The van der Waals surface area contributed by atoms with Gasteiger partial charge in [0.15, 0.2) is 0 Å². The predicted octanol–water partition coefficient (Wildman–Crippen LogP) is 1.37. The number of hydrogen-bond donors (Lipinski definition) is 0. The van der Waals surface area contributed by atoms with E-state index in [9.17, 15) is 14.4 Å². The van der Waals surface area contributed by atoms with E-state index < -0.39 is 17.2 Å². The molecule has 2 heterocycles. The third-order valence-corrected chi connectivity index (χ3v) is 3.62. The van der Waals surface area contributed by atoms with Crippen LogP contribution in [0, 0.1) is 0 Å². The lowest BCUT2D eigenvalue weighted by Crippen LogP contribution is -2.41. The number of carbonyl (C=O) groups is 1. The number of esters is 1. The molecule has 3 rings (SSSR count). The van der Waals surface area contributed by atoms with Gasteiger partial charge in [-0.25, -0.2) is 4.79 Å². The number of furan rings is 1. The second kappa shape index (κ2) is 6.57. The van der Waals surface area contributed by atoms with E-state index >= 15 is 0 Å². The molecular weight excluding hydrogens is 312 g/mol. The van der Waals surface area contributed by atoms with Crippen molar-refractivity contribution in [2.75, 3.05) is 6.61 Å². The maximum atomic E-state index is 12.7. The van der Waals surface area contributed by atoms with Crippen molar-refractivity contribution in [3.05, 3.63) is 69.3 Å². The SMILES string of the molecule is CCOC(=O)Cn1c(=O)n(Cc2ccco2)c(=O)c2ccccc21. The van der Waals surface area contributed by atoms with Crippen molar-refractivity contribution in [1.82, 2.24) is 9.13 Å². The van der Waals surface area contributed by atoms with Crippen molar-refractivity contribution < 1.29 is 13.9 Å². The quantitative estimate of drug-likeness (QED) is 0.661. The molecule has 0 saturated carbocycles. The molecule has 7 nitrogen and oxygen atoms in total. The average Bonchev–Trinajstić information content (AvgIpc) is 3.09. The Morgan fingerprint density at radius 1 is 1.12 bits per heavy atom. The van der Waals surface area contributed by atoms with E-state index in [0.717, 1.165) is 4.57 Å². The first-order valence-electron chi connectivity index (χ1n) is 7.52. The van der Waals surface area contributed by atoms with E-state index in [1.54, 1.807) is 43.3 Å². The Morgan fingerprint density at radius 3 is 2.62 bits per heavy atom. The lowest BCUT2D eigenvalue weighted by atomic mass is 10.2. The van der Waals surface area contributed by atoms with E-state index in [1.165, 1.54) is 10.8 Å². The average molecular weight is 328 g/mol. The van der Waals surface area contributed by atoms with Gasteiger partial charge in [-0.05, 0) is 31.2 Å². The molecule has 0 radical (unpaired) electrons. The predicted molar refractivity (Wildman–Crippen MR) is 86.9 cm³/mol. The van der Waals surface area contributed by atoms with Crippen molar-refractivity contribution in [2.45, 2.75) is 20.0 Å². The molecule has 24 heavy (non-hydrogen) atoms. The minimum absolute atomic E-state index is 0.00166. The summed E-state index contributed by atoms with van der Waals surface area (Å²) in [5, 5.41) is 0.355. The van der Waals surface area contributed by atoms with Crippen LogP contribution >= 0.6 is 0 Å². The van der Waals surface area contributed by atoms with Gasteiger partial charge in [0.1, 0.15) is 12.3 Å². The van der Waals surface area contributed by atoms with E-state index in [1.807, 2.05) is 0 Å². The summed E-state index contributed by atoms with van der Waals surface area (Å²) < 4.78 is 12.4. The number of fused-ring (bicyclic) bond motifs is 1. The van der Waals surface area contributed by atoms with Crippen LogP contribution in [0.3, 0.4) is 0 Å². The largest absolute Gasteiger partial charge is 0.467 e. The minimum Gasteiger partial charge on any atom is -0.467 e. The van der Waals surface area contributed by atoms with Crippen LogP contribution in [-0.4, -0.2) is 21.7 Å². The van der Waals surface area contributed by atoms with Crippen LogP contribution in [0.15, 0.2) is 56.7 Å². The molecule has 0 aliphatic heterocycles. The lowest BCUT2D eigenvalue weighted by molar-refractivity contribution is -0.143. The summed E-state index contributed by atoms with van der Waals surface area (Å²) >= 11 is 0. The van der Waals surface area contributed by atoms with Crippen molar-refractivity contribution in [2.24, 2.45) is 0 Å². The second-order valence-corrected chi connectivity index (χ2v) is 5.16. The zero-order valence-corrected chi connectivity index (χ0v) is 13.1. The fraction of sp³-hybridized carbons (Fsp3) is 0.235. The number of para-hydroxylation sites is 1. The normalized spacial score (nSPS) is 10.9. The first-order valence-corrected chi connectivity index (χ1v) is 7.52. The van der Waals surface area contributed by atoms with E-state index in [2.05, 4.69) is 0 Å². The minimum atomic E-state index is -0.580. The molecule has 0 spiro atoms. The van der Waals surface area contributed by atoms with E-state index in [0.29, 0.717) is 16.7 Å². The van der Waals surface area contributed by atoms with Gasteiger partial charge >= 0.3 is 11.7 Å². The topological polar surface area (TPSA) is 83.4 Å². The molecule has 3 aromatic rings. The van der Waals surface area contributed by atoms with Gasteiger partial charge in [0.25, 0.3) is 5.56 Å². The van der Waals surface area contributed by atoms with E-state index in [4.69, 9.17) is 9.15 Å². The maximum absolute atomic E-state index is 12.7. The monoisotopic (exact) mass is 328 g/mol. The number of ether oxygens (including phenoxy) is 1. The molecule has 2 aromatic heterocycles. The maximum Gasteiger partial charge on any atom is 0.332 e. The summed E-state index contributed by atoms with van der Waals surface area (Å²) in [5.74, 6) is -0.0554. The highest BCUT2D eigenvalue weighted by Gasteiger charge is 2.16. The molecule has 0 aliphatic carbocycles. The third kappa shape index (κ3) is 2.88. The number of rotatable bonds is 5. The molecule has 0 aliphatic rings. The number of hydrogen-bond acceptors (Lipinski definition) is 5. The van der Waals surface area contributed by atoms with Crippen molar-refractivity contribution in [3.63, 3.8) is 0 Å². The highest BCUT2D eigenvalue weighted by molar-refractivity contribution is 5.79. The van der Waals surface area contributed by atoms with Crippen LogP contribution in [0.4, 0.5) is 0 Å². The molecule has 7 heteroatoms. The number of carbonyl (C=O) groups excluding carboxylic acids is 1. The first-order chi connectivity index (χ1) is 11.6. The number of nitrogens with zero attached hydrogens (tertiary/aromatic N) is 2. The van der Waals surface area contributed by atoms with Gasteiger partial charge in [0.2, 0.25) is 0 Å². The molecule has 0 bridgehead atoms. The molecule has 0 fully saturated rings. The van der Waals surface area contributed by atoms with Gasteiger partial charge in [0.05, 0.1) is 30.3 Å².